The normalized spacial score (nSPS) is 17.6. The van der Waals surface area contributed by atoms with Crippen molar-refractivity contribution in [2.45, 2.75) is 34.6 Å². The molecule has 2 heterocycles. The van der Waals surface area contributed by atoms with Crippen LogP contribution in [0.1, 0.15) is 37.7 Å². The topological polar surface area (TPSA) is 48.3 Å². The molecule has 1 fully saturated rings. The second kappa shape index (κ2) is 4.78. The van der Waals surface area contributed by atoms with Crippen LogP contribution in [0.15, 0.2) is 22.8 Å². The van der Waals surface area contributed by atoms with Gasteiger partial charge in [-0.15, -0.1) is 0 Å². The quantitative estimate of drug-likeness (QED) is 0.449. The smallest absolute Gasteiger partial charge is 0.347 e. The molecule has 1 aromatic rings. The van der Waals surface area contributed by atoms with Gasteiger partial charge in [0.1, 0.15) is 0 Å². The van der Waals surface area contributed by atoms with Gasteiger partial charge in [0.15, 0.2) is 0 Å². The monoisotopic (exact) mass is 273 g/mol. The number of ether oxygens (including phenoxy) is 1. The molecule has 1 aliphatic rings. The Morgan fingerprint density at radius 2 is 1.60 bits per heavy atom. The van der Waals surface area contributed by atoms with Crippen molar-refractivity contribution in [2.24, 2.45) is 7.05 Å². The van der Waals surface area contributed by atoms with Crippen LogP contribution < -0.4 is 0 Å². The van der Waals surface area contributed by atoms with Crippen molar-refractivity contribution in [3.05, 3.63) is 39.7 Å². The molecule has 0 aromatic carbocycles. The molecule has 1 aliphatic heterocycles. The molecule has 1 saturated heterocycles. The van der Waals surface area contributed by atoms with E-state index >= 15 is 0 Å². The average molecular weight is 273 g/mol. The van der Waals surface area contributed by atoms with Gasteiger partial charge in [0.25, 0.3) is 0 Å². The van der Waals surface area contributed by atoms with Crippen LogP contribution in [-0.4, -0.2) is 16.5 Å². The van der Waals surface area contributed by atoms with Crippen molar-refractivity contribution in [3.8, 4) is 0 Å². The van der Waals surface area contributed by atoms with Crippen LogP contribution in [-0.2, 0) is 21.4 Å². The number of aromatic nitrogens is 1. The maximum atomic E-state index is 12.0. The van der Waals surface area contributed by atoms with Crippen molar-refractivity contribution < 1.29 is 14.3 Å². The molecule has 0 aliphatic carbocycles. The van der Waals surface area contributed by atoms with Gasteiger partial charge in [-0.25, -0.2) is 9.59 Å². The van der Waals surface area contributed by atoms with Crippen LogP contribution in [0.4, 0.5) is 0 Å². The van der Waals surface area contributed by atoms with E-state index in [1.807, 2.05) is 47.7 Å². The van der Waals surface area contributed by atoms with E-state index in [4.69, 9.17) is 4.74 Å². The third-order valence-electron chi connectivity index (χ3n) is 3.90. The average Bonchev–Trinajstić information content (AvgIpc) is 2.79. The summed E-state index contributed by atoms with van der Waals surface area (Å²) in [5, 5.41) is 0. The van der Waals surface area contributed by atoms with Gasteiger partial charge >= 0.3 is 11.9 Å². The summed E-state index contributed by atoms with van der Waals surface area (Å²) in [5.41, 5.74) is 5.52. The molecule has 4 nitrogen and oxygen atoms in total. The Hall–Kier alpha value is -2.10. The lowest BCUT2D eigenvalue weighted by Gasteiger charge is -2.06. The number of rotatable bonds is 1. The van der Waals surface area contributed by atoms with E-state index in [0.717, 1.165) is 28.1 Å². The highest BCUT2D eigenvalue weighted by molar-refractivity contribution is 6.22. The maximum absolute atomic E-state index is 12.0. The zero-order chi connectivity index (χ0) is 15.2. The molecule has 1 aromatic heterocycles. The minimum Gasteiger partial charge on any atom is -0.386 e. The Labute approximate surface area is 118 Å². The molecule has 0 N–H and O–H groups in total. The molecule has 0 spiro atoms. The number of aryl methyl sites for hydroxylation is 1. The molecule has 0 atom stereocenters. The number of hydrogen-bond donors (Lipinski definition) is 0. The summed E-state index contributed by atoms with van der Waals surface area (Å²) in [6, 6.07) is 2.02. The van der Waals surface area contributed by atoms with Gasteiger partial charge in [-0.2, -0.15) is 0 Å². The predicted octanol–water partition coefficient (Wildman–Crippen LogP) is 2.84. The Kier molecular flexibility index (Phi) is 3.42. The highest BCUT2D eigenvalue weighted by Gasteiger charge is 2.36. The molecule has 20 heavy (non-hydrogen) atoms. The molecule has 0 bridgehead atoms. The van der Waals surface area contributed by atoms with Crippen LogP contribution in [0.2, 0.25) is 0 Å². The first kappa shape index (κ1) is 14.3. The second-order valence-corrected chi connectivity index (χ2v) is 5.40. The van der Waals surface area contributed by atoms with Gasteiger partial charge in [0.2, 0.25) is 0 Å². The van der Waals surface area contributed by atoms with Crippen LogP contribution in [0, 0.1) is 13.8 Å². The second-order valence-electron chi connectivity index (χ2n) is 5.40. The van der Waals surface area contributed by atoms with E-state index in [0.29, 0.717) is 11.1 Å². The van der Waals surface area contributed by atoms with Crippen LogP contribution >= 0.6 is 0 Å². The molecule has 0 radical (unpaired) electrons. The summed E-state index contributed by atoms with van der Waals surface area (Å²) in [5.74, 6) is -1.10. The lowest BCUT2D eigenvalue weighted by Crippen LogP contribution is -2.00. The summed E-state index contributed by atoms with van der Waals surface area (Å²) in [6.07, 6.45) is 0. The molecule has 0 unspecified atom stereocenters. The first-order chi connectivity index (χ1) is 9.25. The number of carbonyl (C=O) groups is 2. The van der Waals surface area contributed by atoms with Gasteiger partial charge in [-0.1, -0.05) is 5.57 Å². The van der Waals surface area contributed by atoms with Gasteiger partial charge in [0.05, 0.1) is 11.1 Å². The Balaban J connectivity index is 2.73. The first-order valence-electron chi connectivity index (χ1n) is 6.54. The van der Waals surface area contributed by atoms with E-state index in [-0.39, 0.29) is 0 Å². The van der Waals surface area contributed by atoms with Crippen molar-refractivity contribution in [1.82, 2.24) is 4.57 Å². The van der Waals surface area contributed by atoms with Gasteiger partial charge in [-0.05, 0) is 51.8 Å². The standard InChI is InChI=1S/C16H19NO3/c1-8(2)13-14(16(19)20-15(13)18)10(4)12-7-9(3)17(6)11(12)5/h7H,1-6H3/b14-10+. The minimum atomic E-state index is -0.551. The fourth-order valence-electron chi connectivity index (χ4n) is 2.55. The third-order valence-corrected chi connectivity index (χ3v) is 3.90. The van der Waals surface area contributed by atoms with Crippen LogP contribution in [0.3, 0.4) is 0 Å². The number of carbonyl (C=O) groups excluding carboxylic acids is 2. The van der Waals surface area contributed by atoms with Crippen molar-refractivity contribution in [3.63, 3.8) is 0 Å². The largest absolute Gasteiger partial charge is 0.386 e. The van der Waals surface area contributed by atoms with E-state index in [9.17, 15) is 9.59 Å². The zero-order valence-electron chi connectivity index (χ0n) is 12.7. The van der Waals surface area contributed by atoms with Gasteiger partial charge in [-0.3, -0.25) is 0 Å². The van der Waals surface area contributed by atoms with E-state index in [1.54, 1.807) is 0 Å². The lowest BCUT2D eigenvalue weighted by atomic mass is 9.95. The Morgan fingerprint density at radius 1 is 1.05 bits per heavy atom. The number of nitrogens with zero attached hydrogens (tertiary/aromatic N) is 1. The summed E-state index contributed by atoms with van der Waals surface area (Å²) >= 11 is 0. The SMILES string of the molecule is CC(C)=C1C(=O)OC(=O)/C1=C(\C)c1cc(C)n(C)c1C. The fraction of sp³-hybridized carbons (Fsp3) is 0.375. The first-order valence-corrected chi connectivity index (χ1v) is 6.54. The number of esters is 2. The van der Waals surface area contributed by atoms with E-state index in [2.05, 4.69) is 4.57 Å². The highest BCUT2D eigenvalue weighted by atomic mass is 16.6. The zero-order valence-corrected chi connectivity index (χ0v) is 12.7. The van der Waals surface area contributed by atoms with Gasteiger partial charge < -0.3 is 9.30 Å². The number of allylic oxidation sites excluding steroid dienone is 2. The molecular weight excluding hydrogens is 254 g/mol. The van der Waals surface area contributed by atoms with Crippen LogP contribution in [0.25, 0.3) is 5.57 Å². The lowest BCUT2D eigenvalue weighted by molar-refractivity contribution is -0.149. The van der Waals surface area contributed by atoms with Crippen molar-refractivity contribution >= 4 is 17.5 Å². The minimum absolute atomic E-state index is 0.392. The third kappa shape index (κ3) is 2.01. The van der Waals surface area contributed by atoms with Crippen LogP contribution in [0.5, 0.6) is 0 Å². The Morgan fingerprint density at radius 3 is 2.05 bits per heavy atom. The molecule has 0 amide bonds. The highest BCUT2D eigenvalue weighted by Crippen LogP contribution is 2.34. The predicted molar refractivity (Wildman–Crippen MR) is 77.0 cm³/mol. The maximum Gasteiger partial charge on any atom is 0.347 e. The summed E-state index contributed by atoms with van der Waals surface area (Å²) in [4.78, 5) is 23.8. The molecule has 106 valence electrons. The molecule has 0 saturated carbocycles. The molecular formula is C16H19NO3. The van der Waals surface area contributed by atoms with E-state index in [1.165, 1.54) is 0 Å². The van der Waals surface area contributed by atoms with Crippen molar-refractivity contribution in [1.29, 1.82) is 0 Å². The summed E-state index contributed by atoms with van der Waals surface area (Å²) in [7, 11) is 1.98. The number of hydrogen-bond acceptors (Lipinski definition) is 3. The molecule has 4 heteroatoms. The van der Waals surface area contributed by atoms with E-state index < -0.39 is 11.9 Å². The molecule has 2 rings (SSSR count). The summed E-state index contributed by atoms with van der Waals surface area (Å²) < 4.78 is 6.83. The van der Waals surface area contributed by atoms with Crippen molar-refractivity contribution in [2.75, 3.05) is 0 Å². The number of cyclic esters (lactones) is 2. The Bertz CT molecular complexity index is 683. The summed E-state index contributed by atoms with van der Waals surface area (Å²) in [6.45, 7) is 9.49. The fourth-order valence-corrected chi connectivity index (χ4v) is 2.55. The van der Waals surface area contributed by atoms with Gasteiger partial charge in [0, 0.05) is 18.4 Å².